The molecule has 1 fully saturated rings. The van der Waals surface area contributed by atoms with Crippen molar-refractivity contribution < 1.29 is 17.9 Å². The third kappa shape index (κ3) is 7.04. The van der Waals surface area contributed by atoms with E-state index in [9.17, 15) is 18.0 Å². The van der Waals surface area contributed by atoms with Crippen molar-refractivity contribution in [3.05, 3.63) is 125 Å². The summed E-state index contributed by atoms with van der Waals surface area (Å²) in [4.78, 5) is 34.7. The molecule has 1 aliphatic heterocycles. The molecule has 242 valence electrons. The van der Waals surface area contributed by atoms with Crippen LogP contribution in [0.15, 0.2) is 113 Å². The highest BCUT2D eigenvalue weighted by Crippen LogP contribution is 2.24. The van der Waals surface area contributed by atoms with Crippen LogP contribution in [-0.2, 0) is 21.2 Å². The van der Waals surface area contributed by atoms with E-state index >= 15 is 0 Å². The van der Waals surface area contributed by atoms with Gasteiger partial charge in [-0.2, -0.15) is 4.31 Å². The van der Waals surface area contributed by atoms with Crippen LogP contribution in [0.2, 0.25) is 0 Å². The van der Waals surface area contributed by atoms with Crippen LogP contribution in [0.25, 0.3) is 16.6 Å². The summed E-state index contributed by atoms with van der Waals surface area (Å²) in [5.41, 5.74) is 8.06. The summed E-state index contributed by atoms with van der Waals surface area (Å²) in [5.74, 6) is 0.785. The van der Waals surface area contributed by atoms with Gasteiger partial charge in [0.05, 0.1) is 41.2 Å². The lowest BCUT2D eigenvalue weighted by Gasteiger charge is -2.34. The maximum absolute atomic E-state index is 14.0. The fraction of sp³-hybridized carbons (Fsp3) is 0.229. The van der Waals surface area contributed by atoms with Gasteiger partial charge in [-0.3, -0.25) is 19.1 Å². The van der Waals surface area contributed by atoms with Gasteiger partial charge in [-0.25, -0.2) is 13.4 Å². The van der Waals surface area contributed by atoms with E-state index in [1.807, 2.05) is 41.3 Å². The molecule has 5 aromatic rings. The Morgan fingerprint density at radius 1 is 0.894 bits per heavy atom. The van der Waals surface area contributed by atoms with Gasteiger partial charge in [0.15, 0.2) is 0 Å². The molecule has 1 aromatic heterocycles. The minimum atomic E-state index is -3.68. The number of nitrogen functional groups attached to an aromatic ring is 1. The van der Waals surface area contributed by atoms with E-state index in [2.05, 4.69) is 5.32 Å². The number of hydrogen-bond acceptors (Lipinski definition) is 8. The van der Waals surface area contributed by atoms with Gasteiger partial charge >= 0.3 is 0 Å². The average molecular weight is 653 g/mol. The lowest BCUT2D eigenvalue weighted by atomic mass is 10.0. The summed E-state index contributed by atoms with van der Waals surface area (Å²) >= 11 is 0. The normalized spacial score (nSPS) is 14.9. The Bertz CT molecular complexity index is 2030. The molecule has 12 heteroatoms. The number of nitrogens with zero attached hydrogens (tertiary/aromatic N) is 4. The molecule has 0 unspecified atom stereocenters. The van der Waals surface area contributed by atoms with Crippen LogP contribution in [0, 0.1) is 0 Å². The van der Waals surface area contributed by atoms with Crippen LogP contribution < -0.4 is 21.3 Å². The fourth-order valence-corrected chi connectivity index (χ4v) is 7.20. The molecule has 1 saturated heterocycles. The Labute approximate surface area is 273 Å². The van der Waals surface area contributed by atoms with E-state index in [0.717, 1.165) is 5.56 Å². The molecule has 1 atom stereocenters. The van der Waals surface area contributed by atoms with Crippen LogP contribution in [0.1, 0.15) is 17.4 Å². The van der Waals surface area contributed by atoms with Crippen molar-refractivity contribution in [1.82, 2.24) is 24.1 Å². The van der Waals surface area contributed by atoms with E-state index in [1.54, 1.807) is 66.3 Å². The second-order valence-electron chi connectivity index (χ2n) is 11.4. The van der Waals surface area contributed by atoms with Gasteiger partial charge in [0.2, 0.25) is 15.9 Å². The predicted molar refractivity (Wildman–Crippen MR) is 181 cm³/mol. The lowest BCUT2D eigenvalue weighted by Crippen LogP contribution is -2.51. The number of sulfonamides is 1. The molecule has 1 aliphatic rings. The number of methoxy groups -OCH3 is 1. The SMILES string of the molecule is COc1ccc(-n2c([C@H](Cc3ccccc3)NC(=O)CN3CCN(S(=O)(=O)c4ccc(N)cc4)CC3)nc3ccccc3c2=O)cc1. The third-order valence-electron chi connectivity index (χ3n) is 8.28. The van der Waals surface area contributed by atoms with Crippen LogP contribution >= 0.6 is 0 Å². The monoisotopic (exact) mass is 652 g/mol. The first-order valence-corrected chi connectivity index (χ1v) is 16.7. The second-order valence-corrected chi connectivity index (χ2v) is 13.3. The number of nitrogens with two attached hydrogens (primary N) is 1. The quantitative estimate of drug-likeness (QED) is 0.219. The van der Waals surface area contributed by atoms with Crippen LogP contribution in [0.3, 0.4) is 0 Å². The summed E-state index contributed by atoms with van der Waals surface area (Å²) in [7, 11) is -2.10. The highest BCUT2D eigenvalue weighted by atomic mass is 32.2. The molecule has 3 N–H and O–H groups in total. The molecule has 0 spiro atoms. The van der Waals surface area contributed by atoms with Gasteiger partial charge < -0.3 is 15.8 Å². The number of para-hydroxylation sites is 1. The minimum Gasteiger partial charge on any atom is -0.497 e. The summed E-state index contributed by atoms with van der Waals surface area (Å²) in [6.07, 6.45) is 0.390. The number of rotatable bonds is 10. The van der Waals surface area contributed by atoms with Gasteiger partial charge in [0.25, 0.3) is 5.56 Å². The topological polar surface area (TPSA) is 140 Å². The number of anilines is 1. The number of benzene rings is 4. The molecule has 47 heavy (non-hydrogen) atoms. The molecule has 6 rings (SSSR count). The van der Waals surface area contributed by atoms with Gasteiger partial charge in [0, 0.05) is 31.9 Å². The van der Waals surface area contributed by atoms with Crippen molar-refractivity contribution in [1.29, 1.82) is 0 Å². The third-order valence-corrected chi connectivity index (χ3v) is 10.2. The van der Waals surface area contributed by atoms with Gasteiger partial charge in [-0.15, -0.1) is 0 Å². The smallest absolute Gasteiger partial charge is 0.266 e. The van der Waals surface area contributed by atoms with E-state index in [0.29, 0.717) is 53.4 Å². The lowest BCUT2D eigenvalue weighted by molar-refractivity contribution is -0.123. The molecule has 1 amide bonds. The van der Waals surface area contributed by atoms with Crippen molar-refractivity contribution in [2.45, 2.75) is 17.4 Å². The molecule has 0 radical (unpaired) electrons. The molecule has 0 aliphatic carbocycles. The molecular weight excluding hydrogens is 616 g/mol. The van der Waals surface area contributed by atoms with Gasteiger partial charge in [-0.05, 0) is 72.6 Å². The molecule has 11 nitrogen and oxygen atoms in total. The number of ether oxygens (including phenoxy) is 1. The number of carbonyl (C=O) groups excluding carboxylic acids is 1. The number of nitrogens with one attached hydrogen (secondary N) is 1. The minimum absolute atomic E-state index is 0.0569. The Kier molecular flexibility index (Phi) is 9.34. The van der Waals surface area contributed by atoms with Crippen LogP contribution in [0.5, 0.6) is 5.75 Å². The van der Waals surface area contributed by atoms with Crippen LogP contribution in [-0.4, -0.2) is 72.9 Å². The molecular formula is C35H36N6O5S. The highest BCUT2D eigenvalue weighted by molar-refractivity contribution is 7.89. The Morgan fingerprint density at radius 3 is 2.23 bits per heavy atom. The Balaban J connectivity index is 1.27. The van der Waals surface area contributed by atoms with Gasteiger partial charge in [-0.1, -0.05) is 42.5 Å². The molecule has 0 saturated carbocycles. The first-order valence-electron chi connectivity index (χ1n) is 15.3. The van der Waals surface area contributed by atoms with Gasteiger partial charge in [0.1, 0.15) is 11.6 Å². The standard InChI is InChI=1S/C35H36N6O5S/c1-46-28-15-13-27(14-16-28)41-34(38-31-10-6-5-9-30(31)35(41)43)32(23-25-7-3-2-4-8-25)37-33(42)24-39-19-21-40(22-20-39)47(44,45)29-17-11-26(36)12-18-29/h2-18,32H,19-24,36H2,1H3,(H,37,42)/t32-/m0/s1. The number of aromatic nitrogens is 2. The van der Waals surface area contributed by atoms with E-state index in [-0.39, 0.29) is 36.0 Å². The number of amides is 1. The van der Waals surface area contributed by atoms with Crippen molar-refractivity contribution in [3.8, 4) is 11.4 Å². The van der Waals surface area contributed by atoms with E-state index in [4.69, 9.17) is 15.5 Å². The number of hydrogen-bond donors (Lipinski definition) is 2. The van der Waals surface area contributed by atoms with E-state index in [1.165, 1.54) is 16.4 Å². The maximum atomic E-state index is 14.0. The zero-order valence-electron chi connectivity index (χ0n) is 26.0. The molecule has 4 aromatic carbocycles. The highest BCUT2D eigenvalue weighted by Gasteiger charge is 2.30. The fourth-order valence-electron chi connectivity index (χ4n) is 5.78. The summed E-state index contributed by atoms with van der Waals surface area (Å²) in [6.45, 7) is 1.32. The first kappa shape index (κ1) is 31.9. The maximum Gasteiger partial charge on any atom is 0.266 e. The number of piperazine rings is 1. The van der Waals surface area contributed by atoms with E-state index < -0.39 is 16.1 Å². The zero-order chi connectivity index (χ0) is 33.0. The summed E-state index contributed by atoms with van der Waals surface area (Å²) in [6, 6.07) is 29.5. The largest absolute Gasteiger partial charge is 0.497 e. The zero-order valence-corrected chi connectivity index (χ0v) is 26.8. The Morgan fingerprint density at radius 2 is 1.55 bits per heavy atom. The number of carbonyl (C=O) groups is 1. The van der Waals surface area contributed by atoms with Crippen molar-refractivity contribution >= 4 is 32.5 Å². The molecule has 2 heterocycles. The summed E-state index contributed by atoms with van der Waals surface area (Å²) in [5, 5.41) is 3.62. The van der Waals surface area contributed by atoms with Crippen LogP contribution in [0.4, 0.5) is 5.69 Å². The van der Waals surface area contributed by atoms with Crippen molar-refractivity contribution in [3.63, 3.8) is 0 Å². The molecule has 0 bridgehead atoms. The Hall–Kier alpha value is -5.04. The second kappa shape index (κ2) is 13.8. The van der Waals surface area contributed by atoms with Crippen molar-refractivity contribution in [2.24, 2.45) is 0 Å². The van der Waals surface area contributed by atoms with Crippen molar-refractivity contribution in [2.75, 3.05) is 45.6 Å². The predicted octanol–water partition coefficient (Wildman–Crippen LogP) is 3.38. The average Bonchev–Trinajstić information content (AvgIpc) is 3.09. The number of fused-ring (bicyclic) bond motifs is 1. The summed E-state index contributed by atoms with van der Waals surface area (Å²) < 4.78 is 34.6. The first-order chi connectivity index (χ1) is 22.7.